The average Bonchev–Trinajstić information content (AvgIpc) is 2.27. The molecule has 4 heteroatoms. The molecular formula is C14H16FNO2. The standard InChI is InChI=1S/C14H16FNO2/c1-7(2)13-8(3)16-11-6-10(15)12(18-4)5-9(11)14(13)17/h5-7H,1-4H3,(H,16,17). The van der Waals surface area contributed by atoms with Crippen molar-refractivity contribution in [1.29, 1.82) is 0 Å². The van der Waals surface area contributed by atoms with Gasteiger partial charge in [0.1, 0.15) is 0 Å². The molecule has 0 fully saturated rings. The molecule has 1 aromatic heterocycles. The minimum absolute atomic E-state index is 0.0606. The third-order valence-corrected chi connectivity index (χ3v) is 3.08. The highest BCUT2D eigenvalue weighted by atomic mass is 19.1. The summed E-state index contributed by atoms with van der Waals surface area (Å²) in [6.45, 7) is 5.76. The highest BCUT2D eigenvalue weighted by molar-refractivity contribution is 5.81. The van der Waals surface area contributed by atoms with Crippen LogP contribution in [0.4, 0.5) is 4.39 Å². The van der Waals surface area contributed by atoms with Crippen LogP contribution >= 0.6 is 0 Å². The molecule has 0 aliphatic rings. The summed E-state index contributed by atoms with van der Waals surface area (Å²) < 4.78 is 18.5. The first kappa shape index (κ1) is 12.6. The molecule has 2 aromatic rings. The number of aryl methyl sites for hydroxylation is 1. The number of methoxy groups -OCH3 is 1. The Balaban J connectivity index is 2.88. The Bertz CT molecular complexity index is 659. The van der Waals surface area contributed by atoms with Gasteiger partial charge in [0.25, 0.3) is 0 Å². The van der Waals surface area contributed by atoms with E-state index < -0.39 is 5.82 Å². The van der Waals surface area contributed by atoms with E-state index in [2.05, 4.69) is 4.98 Å². The third kappa shape index (κ3) is 1.88. The van der Waals surface area contributed by atoms with Crippen molar-refractivity contribution in [3.05, 3.63) is 39.4 Å². The molecule has 2 rings (SSSR count). The normalized spacial score (nSPS) is 11.2. The molecule has 0 saturated carbocycles. The van der Waals surface area contributed by atoms with E-state index in [1.165, 1.54) is 19.2 Å². The van der Waals surface area contributed by atoms with Gasteiger partial charge in [-0.15, -0.1) is 0 Å². The zero-order valence-corrected chi connectivity index (χ0v) is 10.9. The zero-order chi connectivity index (χ0) is 13.4. The van der Waals surface area contributed by atoms with Gasteiger partial charge < -0.3 is 9.72 Å². The van der Waals surface area contributed by atoms with Crippen LogP contribution in [0.25, 0.3) is 10.9 Å². The number of H-pyrrole nitrogens is 1. The van der Waals surface area contributed by atoms with Crippen molar-refractivity contribution >= 4 is 10.9 Å². The lowest BCUT2D eigenvalue weighted by molar-refractivity contribution is 0.387. The molecule has 18 heavy (non-hydrogen) atoms. The molecule has 3 nitrogen and oxygen atoms in total. The fraction of sp³-hybridized carbons (Fsp3) is 0.357. The Morgan fingerprint density at radius 2 is 2.00 bits per heavy atom. The number of aromatic nitrogens is 1. The molecule has 0 bridgehead atoms. The van der Waals surface area contributed by atoms with Gasteiger partial charge in [-0.25, -0.2) is 4.39 Å². The van der Waals surface area contributed by atoms with Crippen molar-refractivity contribution in [3.63, 3.8) is 0 Å². The maximum Gasteiger partial charge on any atom is 0.193 e. The van der Waals surface area contributed by atoms with E-state index in [4.69, 9.17) is 4.74 Å². The van der Waals surface area contributed by atoms with E-state index in [0.717, 1.165) is 11.3 Å². The Hall–Kier alpha value is -1.84. The third-order valence-electron chi connectivity index (χ3n) is 3.08. The van der Waals surface area contributed by atoms with Crippen LogP contribution in [-0.2, 0) is 0 Å². The van der Waals surface area contributed by atoms with E-state index in [1.54, 1.807) is 0 Å². The van der Waals surface area contributed by atoms with Crippen LogP contribution in [0.5, 0.6) is 5.75 Å². The van der Waals surface area contributed by atoms with Gasteiger partial charge in [-0.3, -0.25) is 4.79 Å². The van der Waals surface area contributed by atoms with Gasteiger partial charge in [-0.2, -0.15) is 0 Å². The fourth-order valence-corrected chi connectivity index (χ4v) is 2.28. The van der Waals surface area contributed by atoms with Crippen molar-refractivity contribution in [2.45, 2.75) is 26.7 Å². The molecule has 1 aromatic carbocycles. The first-order chi connectivity index (χ1) is 8.45. The lowest BCUT2D eigenvalue weighted by atomic mass is 9.99. The van der Waals surface area contributed by atoms with Gasteiger partial charge in [0, 0.05) is 22.7 Å². The molecule has 0 atom stereocenters. The number of fused-ring (bicyclic) bond motifs is 1. The van der Waals surface area contributed by atoms with E-state index in [9.17, 15) is 9.18 Å². The Morgan fingerprint density at radius 1 is 1.33 bits per heavy atom. The van der Waals surface area contributed by atoms with Crippen molar-refractivity contribution in [2.24, 2.45) is 0 Å². The maximum absolute atomic E-state index is 13.6. The summed E-state index contributed by atoms with van der Waals surface area (Å²) in [4.78, 5) is 15.4. The highest BCUT2D eigenvalue weighted by Gasteiger charge is 2.14. The summed E-state index contributed by atoms with van der Waals surface area (Å²) in [6, 6.07) is 2.75. The number of ether oxygens (including phenoxy) is 1. The van der Waals surface area contributed by atoms with Gasteiger partial charge in [0.2, 0.25) is 0 Å². The summed E-state index contributed by atoms with van der Waals surface area (Å²) in [5, 5.41) is 0.461. The molecule has 1 heterocycles. The number of aromatic amines is 1. The molecule has 96 valence electrons. The van der Waals surface area contributed by atoms with Gasteiger partial charge in [0.15, 0.2) is 17.0 Å². The lowest BCUT2D eigenvalue weighted by Crippen LogP contribution is -2.15. The molecule has 0 saturated heterocycles. The summed E-state index contributed by atoms with van der Waals surface area (Å²) in [5.41, 5.74) is 1.96. The van der Waals surface area contributed by atoms with Crippen LogP contribution in [-0.4, -0.2) is 12.1 Å². The second kappa shape index (κ2) is 4.44. The Labute approximate surface area is 105 Å². The van der Waals surface area contributed by atoms with E-state index in [-0.39, 0.29) is 17.1 Å². The molecular weight excluding hydrogens is 233 g/mol. The number of halogens is 1. The van der Waals surface area contributed by atoms with Crippen LogP contribution < -0.4 is 10.2 Å². The number of hydrogen-bond donors (Lipinski definition) is 1. The summed E-state index contributed by atoms with van der Waals surface area (Å²) in [6.07, 6.45) is 0. The predicted octanol–water partition coefficient (Wildman–Crippen LogP) is 3.11. The molecule has 0 radical (unpaired) electrons. The van der Waals surface area contributed by atoms with Gasteiger partial charge in [-0.1, -0.05) is 13.8 Å². The number of hydrogen-bond acceptors (Lipinski definition) is 2. The second-order valence-corrected chi connectivity index (χ2v) is 4.68. The molecule has 0 aliphatic carbocycles. The van der Waals surface area contributed by atoms with E-state index in [0.29, 0.717) is 10.9 Å². The highest BCUT2D eigenvalue weighted by Crippen LogP contribution is 2.24. The second-order valence-electron chi connectivity index (χ2n) is 4.68. The summed E-state index contributed by atoms with van der Waals surface area (Å²) in [7, 11) is 1.38. The quantitative estimate of drug-likeness (QED) is 0.888. The number of nitrogens with one attached hydrogen (secondary N) is 1. The predicted molar refractivity (Wildman–Crippen MR) is 69.9 cm³/mol. The van der Waals surface area contributed by atoms with Crippen molar-refractivity contribution in [3.8, 4) is 5.75 Å². The largest absolute Gasteiger partial charge is 0.494 e. The van der Waals surface area contributed by atoms with Gasteiger partial charge in [-0.05, 0) is 18.9 Å². The Kier molecular flexibility index (Phi) is 3.11. The van der Waals surface area contributed by atoms with Crippen LogP contribution in [0.2, 0.25) is 0 Å². The monoisotopic (exact) mass is 249 g/mol. The molecule has 0 spiro atoms. The van der Waals surface area contributed by atoms with Crippen LogP contribution in [0.15, 0.2) is 16.9 Å². The minimum Gasteiger partial charge on any atom is -0.494 e. The Morgan fingerprint density at radius 3 is 2.56 bits per heavy atom. The summed E-state index contributed by atoms with van der Waals surface area (Å²) >= 11 is 0. The van der Waals surface area contributed by atoms with Crippen LogP contribution in [0.1, 0.15) is 31.0 Å². The number of pyridine rings is 1. The summed E-state index contributed by atoms with van der Waals surface area (Å²) in [5.74, 6) is -0.266. The first-order valence-electron chi connectivity index (χ1n) is 5.85. The SMILES string of the molecule is COc1cc2c(=O)c(C(C)C)c(C)[nH]c2cc1F. The van der Waals surface area contributed by atoms with Crippen LogP contribution in [0.3, 0.4) is 0 Å². The minimum atomic E-state index is -0.475. The fourth-order valence-electron chi connectivity index (χ4n) is 2.28. The van der Waals surface area contributed by atoms with Crippen molar-refractivity contribution in [1.82, 2.24) is 4.98 Å². The van der Waals surface area contributed by atoms with Crippen molar-refractivity contribution < 1.29 is 9.13 Å². The van der Waals surface area contributed by atoms with Crippen molar-refractivity contribution in [2.75, 3.05) is 7.11 Å². The zero-order valence-electron chi connectivity index (χ0n) is 10.9. The molecule has 1 N–H and O–H groups in total. The molecule has 0 unspecified atom stereocenters. The number of benzene rings is 1. The average molecular weight is 249 g/mol. The van der Waals surface area contributed by atoms with Gasteiger partial charge >= 0.3 is 0 Å². The van der Waals surface area contributed by atoms with E-state index >= 15 is 0 Å². The first-order valence-corrected chi connectivity index (χ1v) is 5.85. The molecule has 0 aliphatic heterocycles. The maximum atomic E-state index is 13.6. The van der Waals surface area contributed by atoms with E-state index in [1.807, 2.05) is 20.8 Å². The van der Waals surface area contributed by atoms with Gasteiger partial charge in [0.05, 0.1) is 12.6 Å². The van der Waals surface area contributed by atoms with Crippen LogP contribution in [0, 0.1) is 12.7 Å². The topological polar surface area (TPSA) is 42.1 Å². The molecule has 0 amide bonds. The smallest absolute Gasteiger partial charge is 0.193 e. The lowest BCUT2D eigenvalue weighted by Gasteiger charge is -2.12. The number of rotatable bonds is 2.